The molecule has 0 heterocycles. The molecule has 0 spiro atoms. The Morgan fingerprint density at radius 3 is 2.16 bits per heavy atom. The highest BCUT2D eigenvalue weighted by molar-refractivity contribution is 7.54. The second-order valence-electron chi connectivity index (χ2n) is 4.07. The summed E-state index contributed by atoms with van der Waals surface area (Å²) in [7, 11) is -3.59. The fourth-order valence-corrected chi connectivity index (χ4v) is 2.27. The molecule has 19 heavy (non-hydrogen) atoms. The van der Waals surface area contributed by atoms with Crippen LogP contribution in [0.15, 0.2) is 25.3 Å². The van der Waals surface area contributed by atoms with Gasteiger partial charge in [0.1, 0.15) is 6.16 Å². The van der Waals surface area contributed by atoms with Crippen molar-refractivity contribution in [3.63, 3.8) is 0 Å². The lowest BCUT2D eigenvalue weighted by Crippen LogP contribution is -2.28. The van der Waals surface area contributed by atoms with E-state index in [0.717, 1.165) is 0 Å². The van der Waals surface area contributed by atoms with E-state index in [1.165, 1.54) is 12.2 Å². The van der Waals surface area contributed by atoms with Crippen molar-refractivity contribution in [2.75, 3.05) is 19.4 Å². The van der Waals surface area contributed by atoms with Crippen molar-refractivity contribution < 1.29 is 23.1 Å². The van der Waals surface area contributed by atoms with E-state index < -0.39 is 25.3 Å². The van der Waals surface area contributed by atoms with Crippen LogP contribution < -0.4 is 0 Å². The third-order valence-electron chi connectivity index (χ3n) is 1.82. The molecule has 0 aromatic rings. The summed E-state index contributed by atoms with van der Waals surface area (Å²) in [6.07, 6.45) is 7.49. The zero-order valence-corrected chi connectivity index (χ0v) is 12.2. The molecule has 0 amide bonds. The summed E-state index contributed by atoms with van der Waals surface area (Å²) in [5.41, 5.74) is -1.07. The molecule has 6 heteroatoms. The monoisotopic (exact) mass is 286 g/mol. The zero-order chi connectivity index (χ0) is 14.9. The third-order valence-corrected chi connectivity index (χ3v) is 3.55. The SMILES string of the molecule is C#CC(C)(C)OC(=O)CP(=O)(OCC=C)OCC=C. The van der Waals surface area contributed by atoms with Gasteiger partial charge in [0.25, 0.3) is 0 Å². The lowest BCUT2D eigenvalue weighted by Gasteiger charge is -2.21. The van der Waals surface area contributed by atoms with Crippen molar-refractivity contribution >= 4 is 13.6 Å². The summed E-state index contributed by atoms with van der Waals surface area (Å²) in [6, 6.07) is 0. The molecule has 0 aliphatic carbocycles. The normalized spacial score (nSPS) is 11.4. The molecule has 0 radical (unpaired) electrons. The van der Waals surface area contributed by atoms with Gasteiger partial charge >= 0.3 is 13.6 Å². The van der Waals surface area contributed by atoms with Crippen LogP contribution in [0.1, 0.15) is 13.8 Å². The van der Waals surface area contributed by atoms with E-state index in [4.69, 9.17) is 20.2 Å². The molecular formula is C13H19O5P. The Hall–Kier alpha value is -1.34. The molecule has 0 rings (SSSR count). The van der Waals surface area contributed by atoms with Gasteiger partial charge in [-0.05, 0) is 13.8 Å². The van der Waals surface area contributed by atoms with Crippen molar-refractivity contribution in [1.82, 2.24) is 0 Å². The highest BCUT2D eigenvalue weighted by atomic mass is 31.2. The van der Waals surface area contributed by atoms with Gasteiger partial charge in [-0.3, -0.25) is 9.36 Å². The van der Waals surface area contributed by atoms with Crippen molar-refractivity contribution in [2.45, 2.75) is 19.4 Å². The first-order valence-corrected chi connectivity index (χ1v) is 7.31. The second-order valence-corrected chi connectivity index (χ2v) is 6.12. The quantitative estimate of drug-likeness (QED) is 0.282. The minimum Gasteiger partial charge on any atom is -0.446 e. The first kappa shape index (κ1) is 17.7. The van der Waals surface area contributed by atoms with E-state index in [-0.39, 0.29) is 13.2 Å². The van der Waals surface area contributed by atoms with Crippen LogP contribution in [0.25, 0.3) is 0 Å². The maximum atomic E-state index is 12.2. The van der Waals surface area contributed by atoms with Crippen molar-refractivity contribution in [3.05, 3.63) is 25.3 Å². The van der Waals surface area contributed by atoms with Crippen LogP contribution in [-0.2, 0) is 23.1 Å². The fraction of sp³-hybridized carbons (Fsp3) is 0.462. The molecule has 0 saturated heterocycles. The first-order valence-electron chi connectivity index (χ1n) is 5.58. The van der Waals surface area contributed by atoms with Crippen LogP contribution in [0.4, 0.5) is 0 Å². The number of hydrogen-bond acceptors (Lipinski definition) is 5. The van der Waals surface area contributed by atoms with Gasteiger partial charge in [0.15, 0.2) is 5.60 Å². The van der Waals surface area contributed by atoms with Gasteiger partial charge in [-0.1, -0.05) is 18.1 Å². The largest absolute Gasteiger partial charge is 0.446 e. The van der Waals surface area contributed by atoms with Gasteiger partial charge in [-0.15, -0.1) is 19.6 Å². The number of carbonyl (C=O) groups excluding carboxylic acids is 1. The zero-order valence-electron chi connectivity index (χ0n) is 11.3. The molecule has 0 N–H and O–H groups in total. The molecule has 0 fully saturated rings. The number of carbonyl (C=O) groups is 1. The first-order chi connectivity index (χ1) is 8.78. The van der Waals surface area contributed by atoms with Crippen LogP contribution in [-0.4, -0.2) is 30.9 Å². The minimum absolute atomic E-state index is 0.000231. The van der Waals surface area contributed by atoms with E-state index in [2.05, 4.69) is 19.1 Å². The summed E-state index contributed by atoms with van der Waals surface area (Å²) in [5, 5.41) is 0. The predicted molar refractivity (Wildman–Crippen MR) is 73.8 cm³/mol. The lowest BCUT2D eigenvalue weighted by atomic mass is 10.1. The summed E-state index contributed by atoms with van der Waals surface area (Å²) < 4.78 is 27.2. The summed E-state index contributed by atoms with van der Waals surface area (Å²) in [5.74, 6) is 1.55. The maximum Gasteiger partial charge on any atom is 0.342 e. The number of hydrogen-bond donors (Lipinski definition) is 0. The topological polar surface area (TPSA) is 61.8 Å². The minimum atomic E-state index is -3.59. The van der Waals surface area contributed by atoms with Crippen molar-refractivity contribution in [3.8, 4) is 12.3 Å². The lowest BCUT2D eigenvalue weighted by molar-refractivity contribution is -0.148. The summed E-state index contributed by atoms with van der Waals surface area (Å²) >= 11 is 0. The van der Waals surface area contributed by atoms with E-state index in [1.54, 1.807) is 13.8 Å². The van der Waals surface area contributed by atoms with Crippen LogP contribution in [0, 0.1) is 12.3 Å². The number of esters is 1. The third kappa shape index (κ3) is 7.63. The van der Waals surface area contributed by atoms with Crippen LogP contribution in [0.2, 0.25) is 0 Å². The van der Waals surface area contributed by atoms with Gasteiger partial charge < -0.3 is 13.8 Å². The van der Waals surface area contributed by atoms with Gasteiger partial charge in [0.05, 0.1) is 13.2 Å². The smallest absolute Gasteiger partial charge is 0.342 e. The Morgan fingerprint density at radius 1 is 1.32 bits per heavy atom. The Kier molecular flexibility index (Phi) is 7.40. The summed E-state index contributed by atoms with van der Waals surface area (Å²) in [4.78, 5) is 11.7. The number of ether oxygens (including phenoxy) is 1. The summed E-state index contributed by atoms with van der Waals surface area (Å²) in [6.45, 7) is 9.96. The van der Waals surface area contributed by atoms with Gasteiger partial charge in [0.2, 0.25) is 0 Å². The fourth-order valence-electron chi connectivity index (χ4n) is 0.966. The molecule has 5 nitrogen and oxygen atoms in total. The van der Waals surface area contributed by atoms with E-state index >= 15 is 0 Å². The number of terminal acetylenes is 1. The molecule has 106 valence electrons. The van der Waals surface area contributed by atoms with Crippen LogP contribution in [0.3, 0.4) is 0 Å². The maximum absolute atomic E-state index is 12.2. The Balaban J connectivity index is 4.68. The van der Waals surface area contributed by atoms with E-state index in [0.29, 0.717) is 0 Å². The molecule has 0 atom stereocenters. The Labute approximate surface area is 114 Å². The molecule has 0 aromatic carbocycles. The van der Waals surface area contributed by atoms with Crippen molar-refractivity contribution in [1.29, 1.82) is 0 Å². The standard InChI is InChI=1S/C13H19O5P/c1-6-9-16-19(15,17-10-7-2)11-12(14)18-13(4,5)8-3/h3,6-7H,1-2,9-11H2,4-5H3. The molecule has 0 bridgehead atoms. The average Bonchev–Trinajstić information content (AvgIpc) is 2.33. The molecule has 0 unspecified atom stereocenters. The highest BCUT2D eigenvalue weighted by Gasteiger charge is 2.31. The molecular weight excluding hydrogens is 267 g/mol. The highest BCUT2D eigenvalue weighted by Crippen LogP contribution is 2.48. The average molecular weight is 286 g/mol. The molecule has 0 aromatic heterocycles. The Morgan fingerprint density at radius 2 is 1.79 bits per heavy atom. The van der Waals surface area contributed by atoms with Gasteiger partial charge in [-0.2, -0.15) is 0 Å². The van der Waals surface area contributed by atoms with Gasteiger partial charge in [-0.25, -0.2) is 0 Å². The molecule has 0 saturated carbocycles. The van der Waals surface area contributed by atoms with E-state index in [9.17, 15) is 9.36 Å². The molecule has 0 aliphatic rings. The number of rotatable bonds is 9. The van der Waals surface area contributed by atoms with E-state index in [1.807, 2.05) is 0 Å². The van der Waals surface area contributed by atoms with Crippen LogP contribution >= 0.6 is 7.60 Å². The van der Waals surface area contributed by atoms with Gasteiger partial charge in [0, 0.05) is 0 Å². The van der Waals surface area contributed by atoms with Crippen LogP contribution in [0.5, 0.6) is 0 Å². The predicted octanol–water partition coefficient (Wildman–Crippen LogP) is 2.54. The van der Waals surface area contributed by atoms with Crippen molar-refractivity contribution in [2.24, 2.45) is 0 Å². The Bertz CT molecular complexity index is 403. The molecule has 0 aliphatic heterocycles. The second kappa shape index (κ2) is 7.96.